The number of hydrogen-bond acceptors (Lipinski definition) is 7. The monoisotopic (exact) mass is 504 g/mol. The molecular weight excluding hydrogens is 452 g/mol. The maximum Gasteiger partial charge on any atom is 0.207 e. The van der Waals surface area contributed by atoms with Gasteiger partial charge in [0.05, 0.1) is 11.7 Å². The fraction of sp³-hybridized carbons (Fsp3) is 0.731. The number of rotatable bonds is 9. The molecule has 202 valence electrons. The lowest BCUT2D eigenvalue weighted by atomic mass is 10.2. The number of carbonyl (C=O) groups is 1. The second-order valence-electron chi connectivity index (χ2n) is 7.55. The van der Waals surface area contributed by atoms with Gasteiger partial charge in [0.1, 0.15) is 0 Å². The molecule has 0 saturated heterocycles. The summed E-state index contributed by atoms with van der Waals surface area (Å²) < 4.78 is 6.74. The number of ether oxygens (including phenoxy) is 1. The number of carbonyl (C=O) groups excluding carboxylic acids is 1. The van der Waals surface area contributed by atoms with Crippen molar-refractivity contribution in [3.05, 3.63) is 18.2 Å². The Morgan fingerprint density at radius 1 is 1.06 bits per heavy atom. The Balaban J connectivity index is -0.000000679. The van der Waals surface area contributed by atoms with E-state index in [0.29, 0.717) is 19.5 Å². The number of methoxy groups -OCH3 is 1. The van der Waals surface area contributed by atoms with Crippen molar-refractivity contribution in [1.29, 1.82) is 0 Å². The first kappa shape index (κ1) is 37.1. The maximum atomic E-state index is 10.3. The number of phenols is 2. The molecular formula is C26H52N2O5S. The van der Waals surface area contributed by atoms with Gasteiger partial charge in [-0.2, -0.15) is 0 Å². The van der Waals surface area contributed by atoms with Crippen LogP contribution in [0.5, 0.6) is 11.5 Å². The van der Waals surface area contributed by atoms with Crippen LogP contribution >= 0.6 is 11.9 Å². The number of nitrogens with zero attached hydrogens (tertiary/aromatic N) is 1. The van der Waals surface area contributed by atoms with Crippen LogP contribution in [0.4, 0.5) is 0 Å². The predicted octanol–water partition coefficient (Wildman–Crippen LogP) is 6.93. The van der Waals surface area contributed by atoms with E-state index in [1.807, 2.05) is 62.3 Å². The van der Waals surface area contributed by atoms with E-state index in [0.717, 1.165) is 24.2 Å². The van der Waals surface area contributed by atoms with Crippen molar-refractivity contribution in [2.75, 3.05) is 20.2 Å². The Hall–Kier alpha value is -1.48. The van der Waals surface area contributed by atoms with Crippen LogP contribution in [-0.2, 0) is 14.4 Å². The number of aromatic hydroxyl groups is 2. The average molecular weight is 505 g/mol. The van der Waals surface area contributed by atoms with Gasteiger partial charge in [-0.15, -0.1) is 4.47 Å². The fourth-order valence-corrected chi connectivity index (χ4v) is 3.24. The fourth-order valence-electron chi connectivity index (χ4n) is 2.33. The summed E-state index contributed by atoms with van der Waals surface area (Å²) >= 11 is 1.38. The molecule has 1 fully saturated rings. The zero-order valence-electron chi connectivity index (χ0n) is 23.3. The lowest BCUT2D eigenvalue weighted by Gasteiger charge is -2.24. The first-order valence-electron chi connectivity index (χ1n) is 12.6. The zero-order valence-corrected chi connectivity index (χ0v) is 24.1. The van der Waals surface area contributed by atoms with Gasteiger partial charge in [-0.05, 0) is 70.2 Å². The molecule has 34 heavy (non-hydrogen) atoms. The Morgan fingerprint density at radius 2 is 1.59 bits per heavy atom. The Bertz CT molecular complexity index is 577. The second-order valence-corrected chi connectivity index (χ2v) is 8.61. The smallest absolute Gasteiger partial charge is 0.207 e. The van der Waals surface area contributed by atoms with Gasteiger partial charge in [-0.25, -0.2) is 0 Å². The molecule has 1 amide bonds. The molecule has 0 radical (unpaired) electrons. The van der Waals surface area contributed by atoms with Gasteiger partial charge in [0.25, 0.3) is 0 Å². The van der Waals surface area contributed by atoms with Crippen LogP contribution in [0.2, 0.25) is 0 Å². The summed E-state index contributed by atoms with van der Waals surface area (Å²) in [4.78, 5) is 17.1. The summed E-state index contributed by atoms with van der Waals surface area (Å²) in [5.41, 5.74) is 0.0417. The van der Waals surface area contributed by atoms with Crippen molar-refractivity contribution in [3.8, 4) is 11.5 Å². The van der Waals surface area contributed by atoms with Crippen LogP contribution < -0.4 is 5.32 Å². The minimum atomic E-state index is -0.145. The van der Waals surface area contributed by atoms with E-state index in [9.17, 15) is 15.0 Å². The highest BCUT2D eigenvalue weighted by Gasteiger charge is 2.20. The third-order valence-electron chi connectivity index (χ3n) is 4.08. The Labute approximate surface area is 213 Å². The van der Waals surface area contributed by atoms with E-state index in [-0.39, 0.29) is 23.2 Å². The normalized spacial score (nSPS) is 12.6. The van der Waals surface area contributed by atoms with Crippen LogP contribution in [0.25, 0.3) is 0 Å². The van der Waals surface area contributed by atoms with Crippen LogP contribution in [0.3, 0.4) is 0 Å². The molecule has 0 aliphatic heterocycles. The van der Waals surface area contributed by atoms with Gasteiger partial charge < -0.3 is 20.3 Å². The molecule has 3 N–H and O–H groups in total. The standard InChI is InChI=1S/C15H22N2O4S.C5H12O.3C2H6/c18-11-16-8-3-9-17(21-12-4-1-2-5-12)22-13-6-7-14(19)15(20)10-13;1-5(2,3)6-4;3*1-2/h6-7,10-12,19-20H,1-5,8-9H2,(H,16,18);1-4H3;3*1-2H3. The minimum Gasteiger partial charge on any atom is -0.504 e. The zero-order chi connectivity index (χ0) is 27.0. The lowest BCUT2D eigenvalue weighted by molar-refractivity contribution is -0.122. The van der Waals surface area contributed by atoms with Crippen molar-refractivity contribution in [2.45, 2.75) is 111 Å². The summed E-state index contributed by atoms with van der Waals surface area (Å²) in [5, 5.41) is 21.6. The topological polar surface area (TPSA) is 91.3 Å². The summed E-state index contributed by atoms with van der Waals surface area (Å²) in [7, 11) is 1.71. The summed E-state index contributed by atoms with van der Waals surface area (Å²) in [6.45, 7) is 19.3. The molecule has 0 spiro atoms. The third kappa shape index (κ3) is 21.1. The van der Waals surface area contributed by atoms with Crippen molar-refractivity contribution >= 4 is 18.4 Å². The van der Waals surface area contributed by atoms with Gasteiger partial charge in [0.2, 0.25) is 6.41 Å². The first-order chi connectivity index (χ1) is 16.2. The molecule has 0 aromatic heterocycles. The lowest BCUT2D eigenvalue weighted by Crippen LogP contribution is -2.26. The van der Waals surface area contributed by atoms with Gasteiger partial charge in [0, 0.05) is 25.1 Å². The van der Waals surface area contributed by atoms with E-state index < -0.39 is 0 Å². The highest BCUT2D eigenvalue weighted by Crippen LogP contribution is 2.33. The van der Waals surface area contributed by atoms with E-state index in [4.69, 9.17) is 9.57 Å². The largest absolute Gasteiger partial charge is 0.504 e. The van der Waals surface area contributed by atoms with Crippen LogP contribution in [-0.4, -0.2) is 53.0 Å². The molecule has 7 nitrogen and oxygen atoms in total. The Kier molecular flexibility index (Phi) is 26.9. The van der Waals surface area contributed by atoms with Crippen molar-refractivity contribution < 1.29 is 24.6 Å². The van der Waals surface area contributed by atoms with Gasteiger partial charge >= 0.3 is 0 Å². The summed E-state index contributed by atoms with van der Waals surface area (Å²) in [6.07, 6.45) is 6.19. The van der Waals surface area contributed by atoms with E-state index in [2.05, 4.69) is 5.32 Å². The minimum absolute atomic E-state index is 0.0417. The third-order valence-corrected chi connectivity index (χ3v) is 5.02. The van der Waals surface area contributed by atoms with E-state index in [1.165, 1.54) is 36.9 Å². The number of nitrogens with one attached hydrogen (secondary N) is 1. The molecule has 0 unspecified atom stereocenters. The molecule has 2 rings (SSSR count). The van der Waals surface area contributed by atoms with Gasteiger partial charge in [0.15, 0.2) is 11.5 Å². The highest BCUT2D eigenvalue weighted by atomic mass is 32.2. The molecule has 1 aliphatic carbocycles. The number of hydroxylamine groups is 1. The number of benzene rings is 1. The molecule has 1 aliphatic rings. The van der Waals surface area contributed by atoms with E-state index >= 15 is 0 Å². The van der Waals surface area contributed by atoms with Crippen molar-refractivity contribution in [3.63, 3.8) is 0 Å². The van der Waals surface area contributed by atoms with Gasteiger partial charge in [-0.1, -0.05) is 54.4 Å². The first-order valence-corrected chi connectivity index (χ1v) is 13.4. The number of phenolic OH excluding ortho intramolecular Hbond substituents is 2. The number of amides is 1. The second kappa shape index (κ2) is 24.6. The van der Waals surface area contributed by atoms with Crippen LogP contribution in [0.15, 0.2) is 23.1 Å². The SMILES string of the molecule is CC.CC.CC.COC(C)(C)C.O=CNCCCN(OC1CCCC1)Sc1ccc(O)c(O)c1. The van der Waals surface area contributed by atoms with Crippen LogP contribution in [0, 0.1) is 0 Å². The molecule has 1 saturated carbocycles. The van der Waals surface area contributed by atoms with Crippen molar-refractivity contribution in [2.24, 2.45) is 0 Å². The number of hydrogen-bond donors (Lipinski definition) is 3. The summed E-state index contributed by atoms with van der Waals surface area (Å²) in [5.74, 6) is -0.281. The molecule has 1 aromatic carbocycles. The highest BCUT2D eigenvalue weighted by molar-refractivity contribution is 7.96. The van der Waals surface area contributed by atoms with Gasteiger partial charge in [-0.3, -0.25) is 9.63 Å². The van der Waals surface area contributed by atoms with Crippen molar-refractivity contribution in [1.82, 2.24) is 9.79 Å². The Morgan fingerprint density at radius 3 is 2.03 bits per heavy atom. The van der Waals surface area contributed by atoms with E-state index in [1.54, 1.807) is 17.6 Å². The quantitative estimate of drug-likeness (QED) is 0.110. The summed E-state index contributed by atoms with van der Waals surface area (Å²) in [6, 6.07) is 4.70. The maximum absolute atomic E-state index is 10.3. The molecule has 8 heteroatoms. The molecule has 0 atom stereocenters. The predicted molar refractivity (Wildman–Crippen MR) is 145 cm³/mol. The average Bonchev–Trinajstić information content (AvgIpc) is 3.36. The molecule has 0 heterocycles. The molecule has 0 bridgehead atoms. The van der Waals surface area contributed by atoms with Crippen LogP contribution in [0.1, 0.15) is 94.4 Å². The molecule has 1 aromatic rings.